The molecule has 0 spiro atoms. The zero-order chi connectivity index (χ0) is 21.9. The molecular weight excluding hydrogens is 401 g/mol. The van der Waals surface area contributed by atoms with Crippen LogP contribution in [0.5, 0.6) is 5.75 Å². The summed E-state index contributed by atoms with van der Waals surface area (Å²) < 4.78 is 38.6. The molecule has 2 N–H and O–H groups in total. The number of nitrogens with one attached hydrogen (secondary N) is 1. The van der Waals surface area contributed by atoms with E-state index in [0.29, 0.717) is 18.5 Å². The van der Waals surface area contributed by atoms with Crippen molar-refractivity contribution in [2.75, 3.05) is 18.4 Å². The van der Waals surface area contributed by atoms with E-state index in [0.717, 1.165) is 18.3 Å². The minimum absolute atomic E-state index is 0.0191. The molecule has 7 nitrogen and oxygen atoms in total. The van der Waals surface area contributed by atoms with Crippen LogP contribution in [-0.2, 0) is 11.0 Å². The quantitative estimate of drug-likeness (QED) is 0.584. The van der Waals surface area contributed by atoms with Crippen molar-refractivity contribution in [3.8, 4) is 5.75 Å². The summed E-state index contributed by atoms with van der Waals surface area (Å²) in [6.45, 7) is 3.89. The molecule has 1 aliphatic rings. The Morgan fingerprint density at radius 1 is 1.23 bits per heavy atom. The predicted molar refractivity (Wildman–Crippen MR) is 102 cm³/mol. The Labute approximate surface area is 170 Å². The molecule has 1 fully saturated rings. The fraction of sp³-hybridized carbons (Fsp3) is 0.300. The van der Waals surface area contributed by atoms with Gasteiger partial charge in [-0.15, -0.1) is 0 Å². The molecule has 2 amide bonds. The van der Waals surface area contributed by atoms with Gasteiger partial charge in [0.25, 0.3) is 5.91 Å². The lowest BCUT2D eigenvalue weighted by Gasteiger charge is -2.31. The Kier molecular flexibility index (Phi) is 6.04. The summed E-state index contributed by atoms with van der Waals surface area (Å²) in [6, 6.07) is 4.93. The van der Waals surface area contributed by atoms with Crippen LogP contribution in [0.15, 0.2) is 43.1 Å². The number of rotatable bonds is 4. The van der Waals surface area contributed by atoms with Crippen LogP contribution in [0.1, 0.15) is 40.6 Å². The van der Waals surface area contributed by atoms with Crippen LogP contribution in [0, 0.1) is 0 Å². The molecule has 1 aliphatic heterocycles. The molecule has 0 atom stereocenters. The monoisotopic (exact) mass is 420 g/mol. The Morgan fingerprint density at radius 3 is 2.57 bits per heavy atom. The van der Waals surface area contributed by atoms with E-state index in [1.165, 1.54) is 23.1 Å². The first-order valence-corrected chi connectivity index (χ1v) is 9.15. The minimum Gasteiger partial charge on any atom is -0.507 e. The molecule has 0 saturated carbocycles. The molecule has 158 valence electrons. The van der Waals surface area contributed by atoms with Crippen LogP contribution in [0.3, 0.4) is 0 Å². The van der Waals surface area contributed by atoms with Crippen LogP contribution < -0.4 is 5.32 Å². The Balaban J connectivity index is 1.69. The van der Waals surface area contributed by atoms with Crippen LogP contribution in [0.25, 0.3) is 0 Å². The standard InChI is InChI=1S/C20H19F3N4O3/c1-2-17(29)25-13-3-4-15(28)14(11-13)19(30)27-9-6-12(7-10-27)18-24-8-5-16(26-18)20(21,22)23/h2-5,8,11-12,28H,1,6-7,9-10H2,(H,25,29). The molecule has 0 unspecified atom stereocenters. The van der Waals surface area contributed by atoms with Crippen molar-refractivity contribution in [1.29, 1.82) is 0 Å². The van der Waals surface area contributed by atoms with E-state index >= 15 is 0 Å². The van der Waals surface area contributed by atoms with E-state index in [1.807, 2.05) is 0 Å². The molecule has 10 heteroatoms. The van der Waals surface area contributed by atoms with Gasteiger partial charge in [-0.3, -0.25) is 9.59 Å². The molecule has 2 heterocycles. The van der Waals surface area contributed by atoms with Gasteiger partial charge in [-0.25, -0.2) is 9.97 Å². The van der Waals surface area contributed by atoms with Crippen molar-refractivity contribution in [3.05, 3.63) is 60.2 Å². The number of phenols is 1. The number of hydrogen-bond acceptors (Lipinski definition) is 5. The van der Waals surface area contributed by atoms with Crippen molar-refractivity contribution >= 4 is 17.5 Å². The number of alkyl halides is 3. The number of halogens is 3. The van der Waals surface area contributed by atoms with Gasteiger partial charge in [0.1, 0.15) is 17.3 Å². The average molecular weight is 420 g/mol. The van der Waals surface area contributed by atoms with E-state index in [1.54, 1.807) is 0 Å². The lowest BCUT2D eigenvalue weighted by Crippen LogP contribution is -2.38. The predicted octanol–water partition coefficient (Wildman–Crippen LogP) is 3.35. The summed E-state index contributed by atoms with van der Waals surface area (Å²) in [5.41, 5.74) is -0.645. The van der Waals surface area contributed by atoms with Crippen LogP contribution in [0.4, 0.5) is 18.9 Å². The third-order valence-corrected chi connectivity index (χ3v) is 4.79. The SMILES string of the molecule is C=CC(=O)Nc1ccc(O)c(C(=O)N2CCC(c3nccc(C(F)(F)F)n3)CC2)c1. The summed E-state index contributed by atoms with van der Waals surface area (Å²) in [5.74, 6) is -1.33. The van der Waals surface area contributed by atoms with Gasteiger partial charge in [-0.1, -0.05) is 6.58 Å². The average Bonchev–Trinajstić information content (AvgIpc) is 2.74. The van der Waals surface area contributed by atoms with Crippen molar-refractivity contribution in [1.82, 2.24) is 14.9 Å². The second-order valence-corrected chi connectivity index (χ2v) is 6.79. The fourth-order valence-corrected chi connectivity index (χ4v) is 3.22. The van der Waals surface area contributed by atoms with Gasteiger partial charge in [-0.2, -0.15) is 13.2 Å². The van der Waals surface area contributed by atoms with Crippen LogP contribution in [0.2, 0.25) is 0 Å². The normalized spacial score (nSPS) is 15.0. The third-order valence-electron chi connectivity index (χ3n) is 4.79. The summed E-state index contributed by atoms with van der Waals surface area (Å²) in [7, 11) is 0. The van der Waals surface area contributed by atoms with Gasteiger partial charge in [0, 0.05) is 30.9 Å². The smallest absolute Gasteiger partial charge is 0.433 e. The van der Waals surface area contributed by atoms with Gasteiger partial charge in [0.05, 0.1) is 5.56 Å². The number of hydrogen-bond donors (Lipinski definition) is 2. The number of carbonyl (C=O) groups is 2. The Morgan fingerprint density at radius 2 is 1.93 bits per heavy atom. The zero-order valence-corrected chi connectivity index (χ0v) is 15.8. The van der Waals surface area contributed by atoms with E-state index in [2.05, 4.69) is 21.9 Å². The van der Waals surface area contributed by atoms with Gasteiger partial charge in [0.2, 0.25) is 5.91 Å². The highest BCUT2D eigenvalue weighted by atomic mass is 19.4. The Bertz CT molecular complexity index is 970. The molecule has 1 saturated heterocycles. The second-order valence-electron chi connectivity index (χ2n) is 6.79. The molecule has 1 aromatic carbocycles. The van der Waals surface area contributed by atoms with Gasteiger partial charge in [-0.05, 0) is 43.2 Å². The number of benzene rings is 1. The molecule has 3 rings (SSSR count). The maximum absolute atomic E-state index is 12.9. The summed E-state index contributed by atoms with van der Waals surface area (Å²) >= 11 is 0. The van der Waals surface area contributed by atoms with Gasteiger partial charge in [0.15, 0.2) is 0 Å². The van der Waals surface area contributed by atoms with E-state index in [4.69, 9.17) is 0 Å². The Hall–Kier alpha value is -3.43. The summed E-state index contributed by atoms with van der Waals surface area (Å²) in [6.07, 6.45) is -1.60. The lowest BCUT2D eigenvalue weighted by molar-refractivity contribution is -0.141. The van der Waals surface area contributed by atoms with Crippen molar-refractivity contribution in [2.24, 2.45) is 0 Å². The molecular formula is C20H19F3N4O3. The topological polar surface area (TPSA) is 95.4 Å². The molecule has 1 aromatic heterocycles. The highest BCUT2D eigenvalue weighted by Gasteiger charge is 2.34. The number of piperidine rings is 1. The largest absolute Gasteiger partial charge is 0.507 e. The van der Waals surface area contributed by atoms with Crippen LogP contribution >= 0.6 is 0 Å². The number of nitrogens with zero attached hydrogens (tertiary/aromatic N) is 3. The lowest BCUT2D eigenvalue weighted by atomic mass is 9.95. The molecule has 0 radical (unpaired) electrons. The first kappa shape index (κ1) is 21.3. The number of amides is 2. The van der Waals surface area contributed by atoms with E-state index < -0.39 is 23.7 Å². The molecule has 2 aromatic rings. The van der Waals surface area contributed by atoms with Crippen molar-refractivity contribution < 1.29 is 27.9 Å². The second kappa shape index (κ2) is 8.52. The number of likely N-dealkylation sites (tertiary alicyclic amines) is 1. The van der Waals surface area contributed by atoms with E-state index in [9.17, 15) is 27.9 Å². The van der Waals surface area contributed by atoms with Gasteiger partial charge >= 0.3 is 6.18 Å². The highest BCUT2D eigenvalue weighted by molar-refractivity contribution is 6.02. The first-order valence-electron chi connectivity index (χ1n) is 9.15. The highest BCUT2D eigenvalue weighted by Crippen LogP contribution is 2.31. The number of anilines is 1. The zero-order valence-electron chi connectivity index (χ0n) is 15.8. The van der Waals surface area contributed by atoms with E-state index in [-0.39, 0.29) is 36.1 Å². The summed E-state index contributed by atoms with van der Waals surface area (Å²) in [4.78, 5) is 33.3. The van der Waals surface area contributed by atoms with Crippen molar-refractivity contribution in [3.63, 3.8) is 0 Å². The first-order chi connectivity index (χ1) is 14.2. The molecule has 0 aliphatic carbocycles. The van der Waals surface area contributed by atoms with Crippen molar-refractivity contribution in [2.45, 2.75) is 24.9 Å². The molecule has 0 bridgehead atoms. The van der Waals surface area contributed by atoms with Crippen LogP contribution in [-0.4, -0.2) is 44.9 Å². The third kappa shape index (κ3) is 4.76. The molecule has 30 heavy (non-hydrogen) atoms. The minimum atomic E-state index is -4.54. The van der Waals surface area contributed by atoms with Gasteiger partial charge < -0.3 is 15.3 Å². The number of carbonyl (C=O) groups excluding carboxylic acids is 2. The number of aromatic hydroxyl groups is 1. The fourth-order valence-electron chi connectivity index (χ4n) is 3.22. The maximum atomic E-state index is 12.9. The maximum Gasteiger partial charge on any atom is 0.433 e. The summed E-state index contributed by atoms with van der Waals surface area (Å²) in [5, 5.41) is 12.6. The number of aromatic nitrogens is 2. The number of phenolic OH excluding ortho intramolecular Hbond substituents is 1.